The van der Waals surface area contributed by atoms with E-state index in [1.807, 2.05) is 55.5 Å². The summed E-state index contributed by atoms with van der Waals surface area (Å²) in [5.74, 6) is 0.278. The third-order valence-corrected chi connectivity index (χ3v) is 4.78. The highest BCUT2D eigenvalue weighted by Crippen LogP contribution is 2.25. The molecule has 0 radical (unpaired) electrons. The molecule has 0 saturated heterocycles. The Kier molecular flexibility index (Phi) is 5.12. The van der Waals surface area contributed by atoms with Gasteiger partial charge >= 0.3 is 5.97 Å². The fourth-order valence-electron chi connectivity index (χ4n) is 2.53. The molecule has 2 heterocycles. The van der Waals surface area contributed by atoms with Crippen LogP contribution < -0.4 is 0 Å². The van der Waals surface area contributed by atoms with E-state index in [0.29, 0.717) is 16.7 Å². The van der Waals surface area contributed by atoms with Gasteiger partial charge in [-0.2, -0.15) is 0 Å². The number of thioether (sulfide) groups is 1. The normalized spacial score (nSPS) is 12.2. The number of aryl methyl sites for hydroxylation is 1. The molecule has 1 atom stereocenters. The lowest BCUT2D eigenvalue weighted by Gasteiger charge is -2.08. The fourth-order valence-corrected chi connectivity index (χ4v) is 3.15. The van der Waals surface area contributed by atoms with Crippen LogP contribution in [0.4, 0.5) is 0 Å². The van der Waals surface area contributed by atoms with Gasteiger partial charge in [-0.3, -0.25) is 4.79 Å². The van der Waals surface area contributed by atoms with Gasteiger partial charge in [-0.05, 0) is 38.1 Å². The molecule has 2 aromatic heterocycles. The molecule has 28 heavy (non-hydrogen) atoms. The summed E-state index contributed by atoms with van der Waals surface area (Å²) in [5.41, 5.74) is 3.39. The maximum Gasteiger partial charge on any atom is 0.317 e. The number of ether oxygens (including phenoxy) is 1. The van der Waals surface area contributed by atoms with Crippen LogP contribution in [0, 0.1) is 6.92 Å². The molecule has 0 N–H and O–H groups in total. The number of rotatable bonds is 6. The molecule has 1 unspecified atom stereocenters. The third kappa shape index (κ3) is 4.07. The Balaban J connectivity index is 1.34. The molecule has 7 nitrogen and oxygen atoms in total. The summed E-state index contributed by atoms with van der Waals surface area (Å²) in [4.78, 5) is 16.4. The standard InChI is InChI=1S/C20H17N3O4S/c1-12-7-9-14(10-8-12)19-23-22-18(27-19)13(2)25-17(24)11-28-20-21-15-5-3-4-6-16(15)26-20/h3-10,13H,11H2,1-2H3. The average Bonchev–Trinajstić information content (AvgIpc) is 3.34. The third-order valence-electron chi connectivity index (χ3n) is 3.98. The number of carbonyl (C=O) groups excluding carboxylic acids is 1. The molecule has 0 aliphatic rings. The predicted molar refractivity (Wildman–Crippen MR) is 104 cm³/mol. The fraction of sp³-hybridized carbons (Fsp3) is 0.200. The molecule has 0 fully saturated rings. The van der Waals surface area contributed by atoms with Crippen LogP contribution in [0.5, 0.6) is 0 Å². The average molecular weight is 395 g/mol. The maximum absolute atomic E-state index is 12.1. The largest absolute Gasteiger partial charge is 0.452 e. The minimum Gasteiger partial charge on any atom is -0.452 e. The van der Waals surface area contributed by atoms with E-state index < -0.39 is 12.1 Å². The summed E-state index contributed by atoms with van der Waals surface area (Å²) in [5, 5.41) is 8.43. The van der Waals surface area contributed by atoms with Crippen LogP contribution in [0.3, 0.4) is 0 Å². The molecule has 4 rings (SSSR count). The highest BCUT2D eigenvalue weighted by atomic mass is 32.2. The lowest BCUT2D eigenvalue weighted by atomic mass is 10.1. The van der Waals surface area contributed by atoms with Crippen molar-refractivity contribution >= 4 is 28.8 Å². The second-order valence-electron chi connectivity index (χ2n) is 6.18. The van der Waals surface area contributed by atoms with Crippen LogP contribution in [0.2, 0.25) is 0 Å². The van der Waals surface area contributed by atoms with Gasteiger partial charge in [0, 0.05) is 5.56 Å². The number of carbonyl (C=O) groups is 1. The van der Waals surface area contributed by atoms with Crippen molar-refractivity contribution in [3.05, 3.63) is 60.0 Å². The highest BCUT2D eigenvalue weighted by Gasteiger charge is 2.20. The molecular formula is C20H17N3O4S. The summed E-state index contributed by atoms with van der Waals surface area (Å²) < 4.78 is 16.6. The number of benzene rings is 2. The SMILES string of the molecule is Cc1ccc(-c2nnc(C(C)OC(=O)CSc3nc4ccccc4o3)o2)cc1. The number of nitrogens with zero attached hydrogens (tertiary/aromatic N) is 3. The van der Waals surface area contributed by atoms with E-state index in [1.54, 1.807) is 6.92 Å². The summed E-state index contributed by atoms with van der Waals surface area (Å²) in [6.45, 7) is 3.69. The predicted octanol–water partition coefficient (Wildman–Crippen LogP) is 4.58. The Hall–Kier alpha value is -3.13. The zero-order valence-electron chi connectivity index (χ0n) is 15.3. The van der Waals surface area contributed by atoms with Crippen molar-refractivity contribution < 1.29 is 18.4 Å². The zero-order valence-corrected chi connectivity index (χ0v) is 16.1. The van der Waals surface area contributed by atoms with Gasteiger partial charge in [0.2, 0.25) is 5.89 Å². The van der Waals surface area contributed by atoms with Crippen molar-refractivity contribution in [2.45, 2.75) is 25.2 Å². The summed E-state index contributed by atoms with van der Waals surface area (Å²) >= 11 is 1.18. The van der Waals surface area contributed by atoms with Crippen LogP contribution in [-0.4, -0.2) is 26.9 Å². The molecule has 0 saturated carbocycles. The van der Waals surface area contributed by atoms with E-state index in [0.717, 1.165) is 16.6 Å². The zero-order chi connectivity index (χ0) is 19.5. The van der Waals surface area contributed by atoms with Crippen molar-refractivity contribution in [3.63, 3.8) is 0 Å². The minimum absolute atomic E-state index is 0.0656. The Bertz CT molecular complexity index is 1070. The van der Waals surface area contributed by atoms with Crippen LogP contribution in [0.25, 0.3) is 22.6 Å². The first-order chi connectivity index (χ1) is 13.6. The van der Waals surface area contributed by atoms with Crippen molar-refractivity contribution in [2.24, 2.45) is 0 Å². The van der Waals surface area contributed by atoms with Gasteiger partial charge in [0.1, 0.15) is 11.3 Å². The van der Waals surface area contributed by atoms with Crippen molar-refractivity contribution in [3.8, 4) is 11.5 Å². The Morgan fingerprint density at radius 3 is 2.68 bits per heavy atom. The topological polar surface area (TPSA) is 91.2 Å². The summed E-state index contributed by atoms with van der Waals surface area (Å²) in [6, 6.07) is 15.2. The van der Waals surface area contributed by atoms with Crippen molar-refractivity contribution in [1.29, 1.82) is 0 Å². The van der Waals surface area contributed by atoms with E-state index in [4.69, 9.17) is 13.6 Å². The van der Waals surface area contributed by atoms with Crippen molar-refractivity contribution in [2.75, 3.05) is 5.75 Å². The number of aromatic nitrogens is 3. The first-order valence-corrected chi connectivity index (χ1v) is 9.65. The molecule has 0 amide bonds. The van der Waals surface area contributed by atoms with E-state index in [9.17, 15) is 4.79 Å². The second-order valence-corrected chi connectivity index (χ2v) is 7.11. The number of para-hydroxylation sites is 2. The monoisotopic (exact) mass is 395 g/mol. The molecular weight excluding hydrogens is 378 g/mol. The van der Waals surface area contributed by atoms with Gasteiger partial charge in [-0.25, -0.2) is 4.98 Å². The van der Waals surface area contributed by atoms with Gasteiger partial charge in [-0.15, -0.1) is 10.2 Å². The van der Waals surface area contributed by atoms with Crippen LogP contribution in [0.15, 0.2) is 62.6 Å². The molecule has 4 aromatic rings. The Labute approximate surface area is 165 Å². The van der Waals surface area contributed by atoms with Gasteiger partial charge < -0.3 is 13.6 Å². The first kappa shape index (κ1) is 18.2. The second kappa shape index (κ2) is 7.85. The van der Waals surface area contributed by atoms with E-state index in [1.165, 1.54) is 11.8 Å². The van der Waals surface area contributed by atoms with Gasteiger partial charge in [0.25, 0.3) is 11.1 Å². The number of esters is 1. The maximum atomic E-state index is 12.1. The molecule has 142 valence electrons. The van der Waals surface area contributed by atoms with E-state index in [2.05, 4.69) is 15.2 Å². The number of fused-ring (bicyclic) bond motifs is 1. The minimum atomic E-state index is -0.650. The first-order valence-electron chi connectivity index (χ1n) is 8.67. The Morgan fingerprint density at radius 2 is 1.89 bits per heavy atom. The molecule has 0 aliphatic carbocycles. The summed E-state index contributed by atoms with van der Waals surface area (Å²) in [7, 11) is 0. The van der Waals surface area contributed by atoms with Crippen LogP contribution >= 0.6 is 11.8 Å². The van der Waals surface area contributed by atoms with Crippen LogP contribution in [0.1, 0.15) is 24.5 Å². The highest BCUT2D eigenvalue weighted by molar-refractivity contribution is 7.99. The van der Waals surface area contributed by atoms with Gasteiger partial charge in [0.05, 0.1) is 0 Å². The number of hydrogen-bond acceptors (Lipinski definition) is 8. The quantitative estimate of drug-likeness (QED) is 0.346. The lowest BCUT2D eigenvalue weighted by molar-refractivity contribution is -0.146. The smallest absolute Gasteiger partial charge is 0.317 e. The van der Waals surface area contributed by atoms with Gasteiger partial charge in [0.15, 0.2) is 11.7 Å². The summed E-state index contributed by atoms with van der Waals surface area (Å²) in [6.07, 6.45) is -0.650. The molecule has 8 heteroatoms. The van der Waals surface area contributed by atoms with Crippen molar-refractivity contribution in [1.82, 2.24) is 15.2 Å². The molecule has 2 aromatic carbocycles. The van der Waals surface area contributed by atoms with Gasteiger partial charge in [-0.1, -0.05) is 41.6 Å². The van der Waals surface area contributed by atoms with E-state index in [-0.39, 0.29) is 11.6 Å². The Morgan fingerprint density at radius 1 is 1.11 bits per heavy atom. The lowest BCUT2D eigenvalue weighted by Crippen LogP contribution is -2.11. The number of oxazole rings is 1. The number of hydrogen-bond donors (Lipinski definition) is 0. The van der Waals surface area contributed by atoms with E-state index >= 15 is 0 Å². The van der Waals surface area contributed by atoms with Crippen LogP contribution in [-0.2, 0) is 9.53 Å². The molecule has 0 spiro atoms. The molecule has 0 aliphatic heterocycles. The molecule has 0 bridgehead atoms.